The van der Waals surface area contributed by atoms with Crippen LogP contribution in [0.25, 0.3) is 0 Å². The summed E-state index contributed by atoms with van der Waals surface area (Å²) in [6.07, 6.45) is 0. The second-order valence-corrected chi connectivity index (χ2v) is 5.91. The van der Waals surface area contributed by atoms with Crippen LogP contribution in [0.15, 0.2) is 66.7 Å². The van der Waals surface area contributed by atoms with Gasteiger partial charge >= 0.3 is 5.97 Å². The van der Waals surface area contributed by atoms with E-state index in [4.69, 9.17) is 16.3 Å². The summed E-state index contributed by atoms with van der Waals surface area (Å²) in [4.78, 5) is 24.2. The Morgan fingerprint density at radius 3 is 2.15 bits per heavy atom. The van der Waals surface area contributed by atoms with Crippen LogP contribution in [0.3, 0.4) is 0 Å². The summed E-state index contributed by atoms with van der Waals surface area (Å²) < 4.78 is 31.4. The molecule has 0 saturated carbocycles. The SMILES string of the molecule is O=C(Oc1ccc(NC(=O)c2ccccc2Cl)cc1)c1cc(F)cc(F)c1. The van der Waals surface area contributed by atoms with Crippen molar-refractivity contribution in [2.45, 2.75) is 0 Å². The molecule has 0 bridgehead atoms. The van der Waals surface area contributed by atoms with Crippen molar-refractivity contribution in [1.29, 1.82) is 0 Å². The van der Waals surface area contributed by atoms with Gasteiger partial charge < -0.3 is 10.1 Å². The zero-order chi connectivity index (χ0) is 19.4. The minimum absolute atomic E-state index is 0.153. The Balaban J connectivity index is 1.67. The minimum atomic E-state index is -0.902. The van der Waals surface area contributed by atoms with Gasteiger partial charge in [-0.05, 0) is 48.5 Å². The van der Waals surface area contributed by atoms with Crippen LogP contribution in [0.1, 0.15) is 20.7 Å². The molecule has 0 aliphatic rings. The Morgan fingerprint density at radius 2 is 1.52 bits per heavy atom. The number of halogens is 3. The van der Waals surface area contributed by atoms with Gasteiger partial charge in [-0.15, -0.1) is 0 Å². The molecule has 3 aromatic rings. The highest BCUT2D eigenvalue weighted by atomic mass is 35.5. The van der Waals surface area contributed by atoms with Gasteiger partial charge in [0.15, 0.2) is 0 Å². The first-order chi connectivity index (χ1) is 12.9. The fraction of sp³-hybridized carbons (Fsp3) is 0. The molecule has 0 unspecified atom stereocenters. The maximum Gasteiger partial charge on any atom is 0.343 e. The van der Waals surface area contributed by atoms with E-state index in [9.17, 15) is 18.4 Å². The maximum absolute atomic E-state index is 13.2. The molecule has 136 valence electrons. The molecule has 7 heteroatoms. The maximum atomic E-state index is 13.2. The molecular weight excluding hydrogens is 376 g/mol. The van der Waals surface area contributed by atoms with Crippen molar-refractivity contribution >= 4 is 29.2 Å². The number of rotatable bonds is 4. The third-order valence-electron chi connectivity index (χ3n) is 3.54. The fourth-order valence-electron chi connectivity index (χ4n) is 2.29. The number of nitrogens with one attached hydrogen (secondary N) is 1. The second kappa shape index (κ2) is 7.97. The van der Waals surface area contributed by atoms with Crippen LogP contribution in [-0.4, -0.2) is 11.9 Å². The summed E-state index contributed by atoms with van der Waals surface area (Å²) in [5.74, 6) is -2.89. The zero-order valence-corrected chi connectivity index (χ0v) is 14.5. The zero-order valence-electron chi connectivity index (χ0n) is 13.7. The van der Waals surface area contributed by atoms with Gasteiger partial charge in [0.1, 0.15) is 17.4 Å². The minimum Gasteiger partial charge on any atom is -0.423 e. The van der Waals surface area contributed by atoms with Gasteiger partial charge in [-0.3, -0.25) is 4.79 Å². The van der Waals surface area contributed by atoms with E-state index in [-0.39, 0.29) is 17.2 Å². The molecule has 0 radical (unpaired) electrons. The number of benzene rings is 3. The molecule has 0 aromatic heterocycles. The predicted octanol–water partition coefficient (Wildman–Crippen LogP) is 5.09. The molecule has 1 amide bonds. The Morgan fingerprint density at radius 1 is 0.889 bits per heavy atom. The van der Waals surface area contributed by atoms with E-state index in [0.717, 1.165) is 12.1 Å². The summed E-state index contributed by atoms with van der Waals surface area (Å²) in [7, 11) is 0. The van der Waals surface area contributed by atoms with Crippen LogP contribution in [0.4, 0.5) is 14.5 Å². The van der Waals surface area contributed by atoms with Crippen LogP contribution in [0, 0.1) is 11.6 Å². The van der Waals surface area contributed by atoms with Crippen LogP contribution >= 0.6 is 11.6 Å². The molecule has 0 spiro atoms. The molecule has 0 aliphatic carbocycles. The molecule has 0 saturated heterocycles. The second-order valence-electron chi connectivity index (χ2n) is 5.51. The highest BCUT2D eigenvalue weighted by Crippen LogP contribution is 2.20. The Hall–Kier alpha value is -3.25. The van der Waals surface area contributed by atoms with Gasteiger partial charge in [0.2, 0.25) is 0 Å². The molecule has 0 heterocycles. The molecule has 4 nitrogen and oxygen atoms in total. The van der Waals surface area contributed by atoms with Crippen molar-refractivity contribution in [3.05, 3.63) is 94.5 Å². The summed E-state index contributed by atoms with van der Waals surface area (Å²) >= 11 is 5.98. The summed E-state index contributed by atoms with van der Waals surface area (Å²) in [6.45, 7) is 0. The lowest BCUT2D eigenvalue weighted by molar-refractivity contribution is 0.0733. The largest absolute Gasteiger partial charge is 0.423 e. The lowest BCUT2D eigenvalue weighted by atomic mass is 10.2. The average Bonchev–Trinajstić information content (AvgIpc) is 2.63. The summed E-state index contributed by atoms with van der Waals surface area (Å²) in [5, 5.41) is 2.99. The number of anilines is 1. The molecule has 27 heavy (non-hydrogen) atoms. The van der Waals surface area contributed by atoms with Crippen LogP contribution < -0.4 is 10.1 Å². The van der Waals surface area contributed by atoms with Crippen molar-refractivity contribution in [2.24, 2.45) is 0 Å². The van der Waals surface area contributed by atoms with E-state index in [2.05, 4.69) is 5.32 Å². The molecule has 0 fully saturated rings. The summed E-state index contributed by atoms with van der Waals surface area (Å²) in [6, 6.07) is 14.9. The number of carbonyl (C=O) groups excluding carboxylic acids is 2. The first kappa shape index (κ1) is 18.5. The van der Waals surface area contributed by atoms with E-state index in [0.29, 0.717) is 22.3 Å². The standard InChI is InChI=1S/C20H12ClF2NO3/c21-18-4-2-1-3-17(18)19(25)24-15-5-7-16(8-6-15)27-20(26)12-9-13(22)11-14(23)10-12/h1-11H,(H,24,25). The topological polar surface area (TPSA) is 55.4 Å². The lowest BCUT2D eigenvalue weighted by Gasteiger charge is -2.08. The first-order valence-electron chi connectivity index (χ1n) is 7.76. The van der Waals surface area contributed by atoms with E-state index in [1.54, 1.807) is 24.3 Å². The molecule has 3 aromatic carbocycles. The Labute approximate surface area is 158 Å². The van der Waals surface area contributed by atoms with Gasteiger partial charge in [0, 0.05) is 11.8 Å². The van der Waals surface area contributed by atoms with Crippen molar-refractivity contribution in [3.8, 4) is 5.75 Å². The normalized spacial score (nSPS) is 10.3. The third kappa shape index (κ3) is 4.68. The van der Waals surface area contributed by atoms with Gasteiger partial charge in [0.25, 0.3) is 5.91 Å². The van der Waals surface area contributed by atoms with Crippen molar-refractivity contribution in [3.63, 3.8) is 0 Å². The number of hydrogen-bond acceptors (Lipinski definition) is 3. The monoisotopic (exact) mass is 387 g/mol. The quantitative estimate of drug-likeness (QED) is 0.501. The van der Waals surface area contributed by atoms with Crippen molar-refractivity contribution in [1.82, 2.24) is 0 Å². The number of amides is 1. The van der Waals surface area contributed by atoms with E-state index >= 15 is 0 Å². The number of carbonyl (C=O) groups is 2. The molecule has 3 rings (SSSR count). The Kier molecular flexibility index (Phi) is 5.47. The number of hydrogen-bond donors (Lipinski definition) is 1. The smallest absolute Gasteiger partial charge is 0.343 e. The Bertz CT molecular complexity index is 986. The first-order valence-corrected chi connectivity index (χ1v) is 8.14. The van der Waals surface area contributed by atoms with Gasteiger partial charge in [-0.2, -0.15) is 0 Å². The fourth-order valence-corrected chi connectivity index (χ4v) is 2.51. The van der Waals surface area contributed by atoms with Crippen molar-refractivity contribution in [2.75, 3.05) is 5.32 Å². The molecular formula is C20H12ClF2NO3. The van der Waals surface area contributed by atoms with E-state index in [1.165, 1.54) is 24.3 Å². The molecule has 0 atom stereocenters. The highest BCUT2D eigenvalue weighted by Gasteiger charge is 2.13. The number of esters is 1. The molecule has 0 aliphatic heterocycles. The molecule has 1 N–H and O–H groups in total. The van der Waals surface area contributed by atoms with Gasteiger partial charge in [-0.25, -0.2) is 13.6 Å². The lowest BCUT2D eigenvalue weighted by Crippen LogP contribution is -2.12. The number of ether oxygens (including phenoxy) is 1. The predicted molar refractivity (Wildman–Crippen MR) is 97.2 cm³/mol. The van der Waals surface area contributed by atoms with Crippen LogP contribution in [0.5, 0.6) is 5.75 Å². The third-order valence-corrected chi connectivity index (χ3v) is 3.87. The van der Waals surface area contributed by atoms with Gasteiger partial charge in [0.05, 0.1) is 16.1 Å². The highest BCUT2D eigenvalue weighted by molar-refractivity contribution is 6.34. The van der Waals surface area contributed by atoms with E-state index in [1.807, 2.05) is 0 Å². The van der Waals surface area contributed by atoms with E-state index < -0.39 is 17.6 Å². The van der Waals surface area contributed by atoms with Gasteiger partial charge in [-0.1, -0.05) is 23.7 Å². The average molecular weight is 388 g/mol. The van der Waals surface area contributed by atoms with Crippen LogP contribution in [-0.2, 0) is 0 Å². The van der Waals surface area contributed by atoms with Crippen LogP contribution in [0.2, 0.25) is 5.02 Å². The summed E-state index contributed by atoms with van der Waals surface area (Å²) in [5.41, 5.74) is 0.530. The van der Waals surface area contributed by atoms with Crippen molar-refractivity contribution < 1.29 is 23.1 Å².